The van der Waals surface area contributed by atoms with E-state index in [4.69, 9.17) is 10.3 Å². The molecule has 0 unspecified atom stereocenters. The van der Waals surface area contributed by atoms with Crippen molar-refractivity contribution in [3.8, 4) is 11.1 Å². The number of nitrogens with one attached hydrogen (secondary N) is 1. The molecule has 3 aromatic rings. The number of nitrogen functional groups attached to an aromatic ring is 1. The SMILES string of the molecule is Cc1onc(N)c1-c1cccc([C@H](C)NC(=O)C=Cc2ccccc2F)c1. The van der Waals surface area contributed by atoms with Gasteiger partial charge in [0, 0.05) is 11.6 Å². The van der Waals surface area contributed by atoms with Crippen LogP contribution < -0.4 is 11.1 Å². The molecular weight excluding hydrogens is 345 g/mol. The molecule has 2 aromatic carbocycles. The summed E-state index contributed by atoms with van der Waals surface area (Å²) in [5.74, 6) is 0.282. The molecule has 0 bridgehead atoms. The molecule has 138 valence electrons. The molecule has 1 amide bonds. The summed E-state index contributed by atoms with van der Waals surface area (Å²) in [4.78, 5) is 12.2. The predicted molar refractivity (Wildman–Crippen MR) is 103 cm³/mol. The fourth-order valence-electron chi connectivity index (χ4n) is 2.82. The van der Waals surface area contributed by atoms with Gasteiger partial charge in [0.1, 0.15) is 11.6 Å². The van der Waals surface area contributed by atoms with Crippen molar-refractivity contribution in [2.24, 2.45) is 0 Å². The van der Waals surface area contributed by atoms with Gasteiger partial charge in [0.2, 0.25) is 5.91 Å². The molecule has 1 aromatic heterocycles. The van der Waals surface area contributed by atoms with Crippen LogP contribution in [0.15, 0.2) is 59.1 Å². The molecule has 3 N–H and O–H groups in total. The molecule has 27 heavy (non-hydrogen) atoms. The molecule has 0 aliphatic carbocycles. The Kier molecular flexibility index (Phi) is 5.35. The van der Waals surface area contributed by atoms with Crippen molar-refractivity contribution in [3.63, 3.8) is 0 Å². The van der Waals surface area contributed by atoms with Crippen molar-refractivity contribution in [1.29, 1.82) is 0 Å². The van der Waals surface area contributed by atoms with E-state index in [1.165, 1.54) is 18.2 Å². The average Bonchev–Trinajstić information content (AvgIpc) is 2.99. The summed E-state index contributed by atoms with van der Waals surface area (Å²) in [6.07, 6.45) is 2.77. The third-order valence-electron chi connectivity index (χ3n) is 4.24. The minimum atomic E-state index is -0.371. The lowest BCUT2D eigenvalue weighted by Crippen LogP contribution is -2.24. The van der Waals surface area contributed by atoms with Gasteiger partial charge in [-0.25, -0.2) is 4.39 Å². The van der Waals surface area contributed by atoms with Gasteiger partial charge >= 0.3 is 0 Å². The van der Waals surface area contributed by atoms with Crippen LogP contribution in [0.2, 0.25) is 0 Å². The van der Waals surface area contributed by atoms with Gasteiger partial charge in [0.25, 0.3) is 0 Å². The van der Waals surface area contributed by atoms with Crippen LogP contribution in [0.3, 0.4) is 0 Å². The number of rotatable bonds is 5. The highest BCUT2D eigenvalue weighted by Gasteiger charge is 2.14. The van der Waals surface area contributed by atoms with Gasteiger partial charge in [0.15, 0.2) is 5.82 Å². The molecule has 0 spiro atoms. The second-order valence-electron chi connectivity index (χ2n) is 6.21. The Labute approximate surface area is 156 Å². The summed E-state index contributed by atoms with van der Waals surface area (Å²) in [6, 6.07) is 13.7. The lowest BCUT2D eigenvalue weighted by Gasteiger charge is -2.14. The van der Waals surface area contributed by atoms with E-state index in [9.17, 15) is 9.18 Å². The van der Waals surface area contributed by atoms with E-state index >= 15 is 0 Å². The molecule has 5 nitrogen and oxygen atoms in total. The summed E-state index contributed by atoms with van der Waals surface area (Å²) < 4.78 is 18.7. The molecule has 1 atom stereocenters. The number of benzene rings is 2. The molecule has 0 radical (unpaired) electrons. The predicted octanol–water partition coefficient (Wildman–Crippen LogP) is 4.26. The van der Waals surface area contributed by atoms with Crippen LogP contribution in [0.1, 0.15) is 29.9 Å². The first-order valence-corrected chi connectivity index (χ1v) is 8.51. The summed E-state index contributed by atoms with van der Waals surface area (Å²) in [6.45, 7) is 3.67. The van der Waals surface area contributed by atoms with Crippen molar-refractivity contribution in [2.45, 2.75) is 19.9 Å². The maximum absolute atomic E-state index is 13.6. The number of carbonyl (C=O) groups excluding carboxylic acids is 1. The van der Waals surface area contributed by atoms with Gasteiger partial charge in [-0.3, -0.25) is 4.79 Å². The van der Waals surface area contributed by atoms with E-state index in [0.29, 0.717) is 17.1 Å². The number of nitrogens with two attached hydrogens (primary N) is 1. The Morgan fingerprint density at radius 1 is 1.26 bits per heavy atom. The Bertz CT molecular complexity index is 975. The van der Waals surface area contributed by atoms with Crippen LogP contribution in [0, 0.1) is 12.7 Å². The number of nitrogens with zero attached hydrogens (tertiary/aromatic N) is 1. The highest BCUT2D eigenvalue weighted by atomic mass is 19.1. The van der Waals surface area contributed by atoms with E-state index in [2.05, 4.69) is 10.5 Å². The zero-order valence-corrected chi connectivity index (χ0v) is 15.1. The zero-order chi connectivity index (χ0) is 19.4. The Balaban J connectivity index is 1.73. The smallest absolute Gasteiger partial charge is 0.244 e. The fourth-order valence-corrected chi connectivity index (χ4v) is 2.82. The second kappa shape index (κ2) is 7.86. The van der Waals surface area contributed by atoms with Crippen LogP contribution in [0.25, 0.3) is 17.2 Å². The van der Waals surface area contributed by atoms with E-state index in [-0.39, 0.29) is 17.8 Å². The molecule has 0 aliphatic heterocycles. The molecule has 0 aliphatic rings. The molecule has 0 fully saturated rings. The van der Waals surface area contributed by atoms with Gasteiger partial charge in [-0.05, 0) is 43.2 Å². The number of aryl methyl sites for hydroxylation is 1. The highest BCUT2D eigenvalue weighted by molar-refractivity contribution is 5.92. The number of hydrogen-bond acceptors (Lipinski definition) is 4. The number of halogens is 1. The van der Waals surface area contributed by atoms with Crippen molar-refractivity contribution < 1.29 is 13.7 Å². The van der Waals surface area contributed by atoms with Gasteiger partial charge in [-0.1, -0.05) is 41.6 Å². The van der Waals surface area contributed by atoms with Crippen LogP contribution in [0.4, 0.5) is 10.2 Å². The fraction of sp³-hybridized carbons (Fsp3) is 0.143. The standard InChI is InChI=1S/C21H20FN3O2/c1-13(24-19(26)11-10-15-6-3-4-9-18(15)22)16-7-5-8-17(12-16)20-14(2)27-25-21(20)23/h3-13H,1-2H3,(H2,23,25)(H,24,26)/t13-/m0/s1. The number of hydrogen-bond donors (Lipinski definition) is 2. The van der Waals surface area contributed by atoms with Crippen molar-refractivity contribution >= 4 is 17.8 Å². The van der Waals surface area contributed by atoms with Gasteiger partial charge in [-0.15, -0.1) is 0 Å². The minimum absolute atomic E-state index is 0.246. The van der Waals surface area contributed by atoms with Crippen molar-refractivity contribution in [3.05, 3.63) is 77.3 Å². The van der Waals surface area contributed by atoms with Crippen molar-refractivity contribution in [2.75, 3.05) is 5.73 Å². The van der Waals surface area contributed by atoms with Crippen LogP contribution in [-0.2, 0) is 4.79 Å². The quantitative estimate of drug-likeness (QED) is 0.662. The van der Waals surface area contributed by atoms with Gasteiger partial charge < -0.3 is 15.6 Å². The minimum Gasteiger partial charge on any atom is -0.380 e. The third-order valence-corrected chi connectivity index (χ3v) is 4.24. The summed E-state index contributed by atoms with van der Waals surface area (Å²) in [5, 5.41) is 6.64. The maximum atomic E-state index is 13.6. The zero-order valence-electron chi connectivity index (χ0n) is 15.1. The van der Waals surface area contributed by atoms with Crippen LogP contribution in [0.5, 0.6) is 0 Å². The Morgan fingerprint density at radius 2 is 2.04 bits per heavy atom. The molecule has 1 heterocycles. The topological polar surface area (TPSA) is 81.2 Å². The number of aromatic nitrogens is 1. The lowest BCUT2D eigenvalue weighted by molar-refractivity contribution is -0.117. The second-order valence-corrected chi connectivity index (χ2v) is 6.21. The number of anilines is 1. The molecule has 0 saturated carbocycles. The molecule has 6 heteroatoms. The number of amides is 1. The normalized spacial score (nSPS) is 12.3. The van der Waals surface area contributed by atoms with E-state index < -0.39 is 0 Å². The van der Waals surface area contributed by atoms with Gasteiger partial charge in [-0.2, -0.15) is 0 Å². The molecule has 0 saturated heterocycles. The van der Waals surface area contributed by atoms with Gasteiger partial charge in [0.05, 0.1) is 11.6 Å². The summed E-state index contributed by atoms with van der Waals surface area (Å²) in [7, 11) is 0. The first-order valence-electron chi connectivity index (χ1n) is 8.51. The molecular formula is C21H20FN3O2. The van der Waals surface area contributed by atoms with Crippen LogP contribution >= 0.6 is 0 Å². The van der Waals surface area contributed by atoms with E-state index in [1.54, 1.807) is 25.1 Å². The maximum Gasteiger partial charge on any atom is 0.244 e. The van der Waals surface area contributed by atoms with Crippen molar-refractivity contribution in [1.82, 2.24) is 10.5 Å². The Morgan fingerprint density at radius 3 is 2.74 bits per heavy atom. The summed E-state index contributed by atoms with van der Waals surface area (Å²) >= 11 is 0. The lowest BCUT2D eigenvalue weighted by atomic mass is 10.00. The first-order chi connectivity index (χ1) is 13.0. The number of carbonyl (C=O) groups is 1. The third kappa shape index (κ3) is 4.23. The monoisotopic (exact) mass is 365 g/mol. The first kappa shape index (κ1) is 18.4. The van der Waals surface area contributed by atoms with Crippen LogP contribution in [-0.4, -0.2) is 11.1 Å². The highest BCUT2D eigenvalue weighted by Crippen LogP contribution is 2.30. The Hall–Kier alpha value is -3.41. The van der Waals surface area contributed by atoms with E-state index in [0.717, 1.165) is 16.7 Å². The average molecular weight is 365 g/mol. The molecule has 3 rings (SSSR count). The summed E-state index contributed by atoms with van der Waals surface area (Å²) in [5.41, 5.74) is 8.75. The van der Waals surface area contributed by atoms with E-state index in [1.807, 2.05) is 31.2 Å². The largest absolute Gasteiger partial charge is 0.380 e.